The second-order valence-electron chi connectivity index (χ2n) is 8.50. The van der Waals surface area contributed by atoms with E-state index in [1.54, 1.807) is 0 Å². The highest BCUT2D eigenvalue weighted by Crippen LogP contribution is 2.33. The maximum Gasteiger partial charge on any atom is 0.306 e. The van der Waals surface area contributed by atoms with E-state index in [1.165, 1.54) is 0 Å². The van der Waals surface area contributed by atoms with E-state index in [1.807, 2.05) is 19.1 Å². The van der Waals surface area contributed by atoms with Crippen LogP contribution in [0.4, 0.5) is 0 Å². The SMILES string of the molecule is CCC(C(=O)O)C1CCN(CCCOC(C)(c2ccccc2)c2ccccc2)CC1. The summed E-state index contributed by atoms with van der Waals surface area (Å²) in [4.78, 5) is 13.9. The number of carbonyl (C=O) groups is 1. The molecule has 1 fully saturated rings. The van der Waals surface area contributed by atoms with Crippen LogP contribution in [0, 0.1) is 11.8 Å². The van der Waals surface area contributed by atoms with E-state index in [-0.39, 0.29) is 5.92 Å². The van der Waals surface area contributed by atoms with Gasteiger partial charge in [-0.2, -0.15) is 0 Å². The third-order valence-corrected chi connectivity index (χ3v) is 6.62. The summed E-state index contributed by atoms with van der Waals surface area (Å²) in [6, 6.07) is 20.8. The number of rotatable bonds is 10. The van der Waals surface area contributed by atoms with Gasteiger partial charge in [0.2, 0.25) is 0 Å². The van der Waals surface area contributed by atoms with Crippen molar-refractivity contribution in [3.8, 4) is 0 Å². The van der Waals surface area contributed by atoms with Crippen molar-refractivity contribution in [2.24, 2.45) is 11.8 Å². The molecular formula is C26H35NO3. The van der Waals surface area contributed by atoms with Crippen molar-refractivity contribution < 1.29 is 14.6 Å². The van der Waals surface area contributed by atoms with Gasteiger partial charge in [-0.1, -0.05) is 67.6 Å². The lowest BCUT2D eigenvalue weighted by atomic mass is 9.83. The summed E-state index contributed by atoms with van der Waals surface area (Å²) < 4.78 is 6.50. The number of benzene rings is 2. The average molecular weight is 410 g/mol. The number of likely N-dealkylation sites (tertiary alicyclic amines) is 1. The summed E-state index contributed by atoms with van der Waals surface area (Å²) >= 11 is 0. The van der Waals surface area contributed by atoms with Crippen molar-refractivity contribution in [2.45, 2.75) is 45.1 Å². The lowest BCUT2D eigenvalue weighted by Crippen LogP contribution is -2.38. The summed E-state index contributed by atoms with van der Waals surface area (Å²) in [6.45, 7) is 7.80. The number of hydrogen-bond donors (Lipinski definition) is 1. The lowest BCUT2D eigenvalue weighted by molar-refractivity contribution is -0.144. The van der Waals surface area contributed by atoms with Gasteiger partial charge < -0.3 is 14.7 Å². The van der Waals surface area contributed by atoms with E-state index in [4.69, 9.17) is 4.74 Å². The molecule has 1 aliphatic rings. The van der Waals surface area contributed by atoms with Crippen LogP contribution in [0.3, 0.4) is 0 Å². The summed E-state index contributed by atoms with van der Waals surface area (Å²) in [5, 5.41) is 9.40. The second kappa shape index (κ2) is 10.7. The zero-order valence-electron chi connectivity index (χ0n) is 18.3. The minimum absolute atomic E-state index is 0.187. The molecule has 0 aromatic heterocycles. The second-order valence-corrected chi connectivity index (χ2v) is 8.50. The van der Waals surface area contributed by atoms with Crippen molar-refractivity contribution in [3.63, 3.8) is 0 Å². The van der Waals surface area contributed by atoms with Gasteiger partial charge in [0.15, 0.2) is 0 Å². The van der Waals surface area contributed by atoms with Gasteiger partial charge in [0.1, 0.15) is 5.60 Å². The first-order valence-corrected chi connectivity index (χ1v) is 11.2. The highest BCUT2D eigenvalue weighted by Gasteiger charge is 2.31. The van der Waals surface area contributed by atoms with Crippen LogP contribution >= 0.6 is 0 Å². The molecule has 3 rings (SSSR count). The van der Waals surface area contributed by atoms with E-state index < -0.39 is 11.6 Å². The van der Waals surface area contributed by atoms with Crippen LogP contribution in [0.25, 0.3) is 0 Å². The van der Waals surface area contributed by atoms with E-state index in [0.717, 1.165) is 56.4 Å². The summed E-state index contributed by atoms with van der Waals surface area (Å²) in [5.74, 6) is -0.502. The number of carboxylic acids is 1. The number of nitrogens with zero attached hydrogens (tertiary/aromatic N) is 1. The molecule has 0 amide bonds. The van der Waals surface area contributed by atoms with Crippen molar-refractivity contribution in [2.75, 3.05) is 26.2 Å². The first kappa shape index (κ1) is 22.5. The van der Waals surface area contributed by atoms with Gasteiger partial charge >= 0.3 is 5.97 Å². The molecule has 1 N–H and O–H groups in total. The predicted molar refractivity (Wildman–Crippen MR) is 120 cm³/mol. The highest BCUT2D eigenvalue weighted by molar-refractivity contribution is 5.70. The molecule has 0 radical (unpaired) electrons. The topological polar surface area (TPSA) is 49.8 Å². The van der Waals surface area contributed by atoms with E-state index in [2.05, 4.69) is 60.4 Å². The number of hydrogen-bond acceptors (Lipinski definition) is 3. The Labute approximate surface area is 180 Å². The first-order valence-electron chi connectivity index (χ1n) is 11.2. The summed E-state index contributed by atoms with van der Waals surface area (Å²) in [7, 11) is 0. The largest absolute Gasteiger partial charge is 0.481 e. The van der Waals surface area contributed by atoms with Crippen molar-refractivity contribution >= 4 is 5.97 Å². The minimum Gasteiger partial charge on any atom is -0.481 e. The van der Waals surface area contributed by atoms with Crippen LogP contribution in [0.2, 0.25) is 0 Å². The third kappa shape index (κ3) is 5.50. The molecule has 162 valence electrons. The van der Waals surface area contributed by atoms with Crippen LogP contribution in [0.5, 0.6) is 0 Å². The molecular weight excluding hydrogens is 374 g/mol. The van der Waals surface area contributed by atoms with Crippen molar-refractivity contribution in [3.05, 3.63) is 71.8 Å². The maximum absolute atomic E-state index is 11.4. The summed E-state index contributed by atoms with van der Waals surface area (Å²) in [5.41, 5.74) is 1.86. The van der Waals surface area contributed by atoms with Gasteiger partial charge in [0.25, 0.3) is 0 Å². The van der Waals surface area contributed by atoms with E-state index in [0.29, 0.717) is 12.5 Å². The molecule has 0 aliphatic carbocycles. The molecule has 1 saturated heterocycles. The van der Waals surface area contributed by atoms with Crippen molar-refractivity contribution in [1.82, 2.24) is 4.90 Å². The Kier molecular flexibility index (Phi) is 8.06. The molecule has 4 heteroatoms. The van der Waals surface area contributed by atoms with E-state index in [9.17, 15) is 9.90 Å². The quantitative estimate of drug-likeness (QED) is 0.549. The fraction of sp³-hybridized carbons (Fsp3) is 0.500. The Morgan fingerprint density at radius 1 is 1.07 bits per heavy atom. The van der Waals surface area contributed by atoms with Crippen LogP contribution in [0.1, 0.15) is 50.7 Å². The highest BCUT2D eigenvalue weighted by atomic mass is 16.5. The summed E-state index contributed by atoms with van der Waals surface area (Å²) in [6.07, 6.45) is 3.66. The number of carboxylic acid groups (broad SMARTS) is 1. The van der Waals surface area contributed by atoms with Gasteiger partial charge in [-0.05, 0) is 62.7 Å². The molecule has 0 bridgehead atoms. The Bertz CT molecular complexity index is 730. The number of piperidine rings is 1. The fourth-order valence-corrected chi connectivity index (χ4v) is 4.70. The Morgan fingerprint density at radius 2 is 1.60 bits per heavy atom. The average Bonchev–Trinajstić information content (AvgIpc) is 2.79. The molecule has 0 saturated carbocycles. The Hall–Kier alpha value is -2.17. The third-order valence-electron chi connectivity index (χ3n) is 6.62. The van der Waals surface area contributed by atoms with Crippen LogP contribution < -0.4 is 0 Å². The fourth-order valence-electron chi connectivity index (χ4n) is 4.70. The zero-order valence-corrected chi connectivity index (χ0v) is 18.3. The molecule has 1 aliphatic heterocycles. The van der Waals surface area contributed by atoms with Gasteiger partial charge in [-0.3, -0.25) is 4.79 Å². The molecule has 2 aromatic rings. The molecule has 2 aromatic carbocycles. The molecule has 0 spiro atoms. The Morgan fingerprint density at radius 3 is 2.07 bits per heavy atom. The van der Waals surface area contributed by atoms with Crippen molar-refractivity contribution in [1.29, 1.82) is 0 Å². The lowest BCUT2D eigenvalue weighted by Gasteiger charge is -2.35. The maximum atomic E-state index is 11.4. The van der Waals surface area contributed by atoms with Gasteiger partial charge in [-0.25, -0.2) is 0 Å². The Balaban J connectivity index is 1.52. The zero-order chi connectivity index (χ0) is 21.4. The van der Waals surface area contributed by atoms with Gasteiger partial charge in [0, 0.05) is 13.2 Å². The number of ether oxygens (including phenoxy) is 1. The minimum atomic E-state index is -0.634. The van der Waals surface area contributed by atoms with Crippen LogP contribution in [0.15, 0.2) is 60.7 Å². The molecule has 1 unspecified atom stereocenters. The molecule has 1 atom stereocenters. The normalized spacial score (nSPS) is 17.0. The van der Waals surface area contributed by atoms with E-state index >= 15 is 0 Å². The molecule has 4 nitrogen and oxygen atoms in total. The predicted octanol–water partition coefficient (Wildman–Crippen LogP) is 5.18. The van der Waals surface area contributed by atoms with Crippen LogP contribution in [-0.4, -0.2) is 42.2 Å². The monoisotopic (exact) mass is 409 g/mol. The first-order chi connectivity index (χ1) is 14.5. The van der Waals surface area contributed by atoms with Crippen LogP contribution in [-0.2, 0) is 15.1 Å². The van der Waals surface area contributed by atoms with Gasteiger partial charge in [-0.15, -0.1) is 0 Å². The molecule has 30 heavy (non-hydrogen) atoms. The number of aliphatic carboxylic acids is 1. The molecule has 1 heterocycles. The van der Waals surface area contributed by atoms with Gasteiger partial charge in [0.05, 0.1) is 5.92 Å². The smallest absolute Gasteiger partial charge is 0.306 e. The standard InChI is InChI=1S/C26H35NO3/c1-3-24(25(28)29)21-15-18-27(19-16-21)17-10-20-30-26(2,22-11-6-4-7-12-22)23-13-8-5-9-14-23/h4-9,11-14,21,24H,3,10,15-20H2,1-2H3,(H,28,29).